The van der Waals surface area contributed by atoms with E-state index in [4.69, 9.17) is 9.47 Å². The van der Waals surface area contributed by atoms with Crippen LogP contribution in [0.3, 0.4) is 0 Å². The van der Waals surface area contributed by atoms with Crippen molar-refractivity contribution in [3.8, 4) is 11.5 Å². The number of β-amino-alcohol motifs (C(OH)–C–C–N with tert-alkyl or cyclic N) is 1. The highest BCUT2D eigenvalue weighted by molar-refractivity contribution is 5.33. The average Bonchev–Trinajstić information content (AvgIpc) is 2.70. The molecule has 6 nitrogen and oxygen atoms in total. The molecule has 0 amide bonds. The van der Waals surface area contributed by atoms with Crippen molar-refractivity contribution < 1.29 is 19.7 Å². The SMILES string of the molecule is Cc1cc(C)cc(OC[C@@]2(O)CN(Cc3ccc(OCCN(C)C)cc3)CC[C@@H]2O)c1. The van der Waals surface area contributed by atoms with Crippen molar-refractivity contribution in [3.63, 3.8) is 0 Å². The number of likely N-dealkylation sites (tertiary alicyclic amines) is 1. The molecular formula is C25H36N2O4. The Bertz CT molecular complexity index is 820. The van der Waals surface area contributed by atoms with Crippen molar-refractivity contribution >= 4 is 0 Å². The number of aliphatic hydroxyl groups excluding tert-OH is 1. The van der Waals surface area contributed by atoms with Gasteiger partial charge < -0.3 is 24.6 Å². The molecule has 2 atom stereocenters. The summed E-state index contributed by atoms with van der Waals surface area (Å²) >= 11 is 0. The highest BCUT2D eigenvalue weighted by Crippen LogP contribution is 2.26. The van der Waals surface area contributed by atoms with Gasteiger partial charge >= 0.3 is 0 Å². The Morgan fingerprint density at radius 1 is 1.03 bits per heavy atom. The first-order valence-electron chi connectivity index (χ1n) is 10.9. The Morgan fingerprint density at radius 2 is 1.71 bits per heavy atom. The summed E-state index contributed by atoms with van der Waals surface area (Å²) in [6.07, 6.45) is -0.291. The molecule has 0 bridgehead atoms. The Balaban J connectivity index is 1.55. The number of likely N-dealkylation sites (N-methyl/N-ethyl adjacent to an activating group) is 1. The summed E-state index contributed by atoms with van der Waals surface area (Å²) in [5.74, 6) is 1.58. The predicted molar refractivity (Wildman–Crippen MR) is 123 cm³/mol. The molecule has 1 aliphatic rings. The largest absolute Gasteiger partial charge is 0.492 e. The molecule has 2 aromatic rings. The summed E-state index contributed by atoms with van der Waals surface area (Å²) in [6.45, 7) is 7.43. The smallest absolute Gasteiger partial charge is 0.137 e. The minimum Gasteiger partial charge on any atom is -0.492 e. The van der Waals surface area contributed by atoms with Crippen LogP contribution in [0.4, 0.5) is 0 Å². The summed E-state index contributed by atoms with van der Waals surface area (Å²) in [5, 5.41) is 21.6. The third-order valence-electron chi connectivity index (χ3n) is 5.66. The first kappa shape index (κ1) is 23.5. The third kappa shape index (κ3) is 6.94. The zero-order valence-corrected chi connectivity index (χ0v) is 19.2. The van der Waals surface area contributed by atoms with Crippen LogP contribution in [0.15, 0.2) is 42.5 Å². The lowest BCUT2D eigenvalue weighted by Gasteiger charge is -2.42. The van der Waals surface area contributed by atoms with Crippen molar-refractivity contribution in [1.29, 1.82) is 0 Å². The Hall–Kier alpha value is -2.12. The van der Waals surface area contributed by atoms with E-state index in [1.807, 2.05) is 52.2 Å². The van der Waals surface area contributed by atoms with E-state index < -0.39 is 11.7 Å². The summed E-state index contributed by atoms with van der Waals surface area (Å²) in [4.78, 5) is 4.25. The van der Waals surface area contributed by atoms with Crippen LogP contribution in [0.1, 0.15) is 23.1 Å². The number of piperidine rings is 1. The lowest BCUT2D eigenvalue weighted by molar-refractivity contribution is -0.140. The van der Waals surface area contributed by atoms with Crippen molar-refractivity contribution in [1.82, 2.24) is 9.80 Å². The van der Waals surface area contributed by atoms with Crippen LogP contribution < -0.4 is 9.47 Å². The van der Waals surface area contributed by atoms with Gasteiger partial charge in [0.05, 0.1) is 6.10 Å². The van der Waals surface area contributed by atoms with E-state index in [0.717, 1.165) is 41.3 Å². The number of ether oxygens (including phenoxy) is 2. The molecule has 1 fully saturated rings. The normalized spacial score (nSPS) is 22.0. The number of aryl methyl sites for hydroxylation is 2. The van der Waals surface area contributed by atoms with Crippen LogP contribution in [-0.4, -0.2) is 78.7 Å². The van der Waals surface area contributed by atoms with Crippen LogP contribution in [0, 0.1) is 13.8 Å². The summed E-state index contributed by atoms with van der Waals surface area (Å²) in [6, 6.07) is 14.1. The molecule has 0 unspecified atom stereocenters. The summed E-state index contributed by atoms with van der Waals surface area (Å²) in [7, 11) is 4.05. The van der Waals surface area contributed by atoms with Crippen molar-refractivity contribution in [2.45, 2.75) is 38.5 Å². The first-order valence-corrected chi connectivity index (χ1v) is 10.9. The van der Waals surface area contributed by atoms with Gasteiger partial charge in [0, 0.05) is 26.2 Å². The molecule has 31 heavy (non-hydrogen) atoms. The van der Waals surface area contributed by atoms with Gasteiger partial charge in [-0.25, -0.2) is 0 Å². The topological polar surface area (TPSA) is 65.4 Å². The fourth-order valence-corrected chi connectivity index (χ4v) is 3.94. The van der Waals surface area contributed by atoms with Gasteiger partial charge in [-0.15, -0.1) is 0 Å². The molecule has 170 valence electrons. The van der Waals surface area contributed by atoms with Gasteiger partial charge in [-0.2, -0.15) is 0 Å². The van der Waals surface area contributed by atoms with Crippen LogP contribution in [-0.2, 0) is 6.54 Å². The number of hydrogen-bond acceptors (Lipinski definition) is 6. The van der Waals surface area contributed by atoms with Crippen molar-refractivity contribution in [2.75, 3.05) is 46.9 Å². The number of hydrogen-bond donors (Lipinski definition) is 2. The second kappa shape index (κ2) is 10.5. The lowest BCUT2D eigenvalue weighted by Crippen LogP contribution is -2.59. The van der Waals surface area contributed by atoms with Gasteiger partial charge in [-0.1, -0.05) is 18.2 Å². The highest BCUT2D eigenvalue weighted by Gasteiger charge is 2.42. The number of rotatable bonds is 9. The predicted octanol–water partition coefficient (Wildman–Crippen LogP) is 2.62. The molecule has 1 heterocycles. The quantitative estimate of drug-likeness (QED) is 0.640. The van der Waals surface area contributed by atoms with Gasteiger partial charge in [0.15, 0.2) is 0 Å². The maximum Gasteiger partial charge on any atom is 0.137 e. The van der Waals surface area contributed by atoms with Gasteiger partial charge in [-0.3, -0.25) is 4.90 Å². The second-order valence-electron chi connectivity index (χ2n) is 9.03. The van der Waals surface area contributed by atoms with E-state index >= 15 is 0 Å². The highest BCUT2D eigenvalue weighted by atomic mass is 16.5. The Labute approximate surface area is 186 Å². The van der Waals surface area contributed by atoms with E-state index in [9.17, 15) is 10.2 Å². The lowest BCUT2D eigenvalue weighted by atomic mass is 9.90. The molecule has 2 aromatic carbocycles. The summed E-state index contributed by atoms with van der Waals surface area (Å²) < 4.78 is 11.6. The average molecular weight is 429 g/mol. The van der Waals surface area contributed by atoms with E-state index in [2.05, 4.69) is 28.0 Å². The van der Waals surface area contributed by atoms with E-state index in [-0.39, 0.29) is 6.61 Å². The molecule has 0 aliphatic carbocycles. The molecule has 3 rings (SSSR count). The molecule has 1 saturated heterocycles. The molecule has 0 saturated carbocycles. The summed E-state index contributed by atoms with van der Waals surface area (Å²) in [5.41, 5.74) is 2.07. The molecule has 6 heteroatoms. The zero-order valence-electron chi connectivity index (χ0n) is 19.2. The molecule has 2 N–H and O–H groups in total. The number of benzene rings is 2. The van der Waals surface area contributed by atoms with Crippen molar-refractivity contribution in [3.05, 3.63) is 59.2 Å². The van der Waals surface area contributed by atoms with Crippen molar-refractivity contribution in [2.24, 2.45) is 0 Å². The van der Waals surface area contributed by atoms with Gasteiger partial charge in [0.2, 0.25) is 0 Å². The van der Waals surface area contributed by atoms with Gasteiger partial charge in [-0.05, 0) is 75.3 Å². The molecular weight excluding hydrogens is 392 g/mol. The van der Waals surface area contributed by atoms with Gasteiger partial charge in [0.25, 0.3) is 0 Å². The van der Waals surface area contributed by atoms with Crippen LogP contribution in [0.5, 0.6) is 11.5 Å². The van der Waals surface area contributed by atoms with Crippen LogP contribution in [0.25, 0.3) is 0 Å². The monoisotopic (exact) mass is 428 g/mol. The minimum absolute atomic E-state index is 0.0617. The van der Waals surface area contributed by atoms with Crippen LogP contribution in [0.2, 0.25) is 0 Å². The molecule has 0 spiro atoms. The molecule has 1 aliphatic heterocycles. The molecule has 0 aromatic heterocycles. The Kier molecular flexibility index (Phi) is 7.94. The maximum absolute atomic E-state index is 11.1. The fourth-order valence-electron chi connectivity index (χ4n) is 3.94. The second-order valence-corrected chi connectivity index (χ2v) is 9.03. The van der Waals surface area contributed by atoms with E-state index in [1.165, 1.54) is 0 Å². The standard InChI is InChI=1S/C25H36N2O4/c1-19-13-20(2)15-23(14-19)31-18-25(29)17-27(10-9-24(25)28)16-21-5-7-22(8-6-21)30-12-11-26(3)4/h5-8,13-15,24,28-29H,9-12,16-18H2,1-4H3/t24-,25-/m0/s1. The molecule has 0 radical (unpaired) electrons. The zero-order chi connectivity index (χ0) is 22.4. The third-order valence-corrected chi connectivity index (χ3v) is 5.66. The van der Waals surface area contributed by atoms with Gasteiger partial charge in [0.1, 0.15) is 30.3 Å². The van der Waals surface area contributed by atoms with E-state index in [0.29, 0.717) is 26.1 Å². The minimum atomic E-state index is -1.30. The fraction of sp³-hybridized carbons (Fsp3) is 0.520. The maximum atomic E-state index is 11.1. The first-order chi connectivity index (χ1) is 14.7. The van der Waals surface area contributed by atoms with E-state index in [1.54, 1.807) is 0 Å². The Morgan fingerprint density at radius 3 is 2.35 bits per heavy atom. The van der Waals surface area contributed by atoms with Crippen LogP contribution >= 0.6 is 0 Å². The number of nitrogens with zero attached hydrogens (tertiary/aromatic N) is 2. The number of aliphatic hydroxyl groups is 2.